The van der Waals surface area contributed by atoms with Crippen molar-refractivity contribution < 1.29 is 9.21 Å². The first-order valence-corrected chi connectivity index (χ1v) is 9.24. The Bertz CT molecular complexity index is 1010. The van der Waals surface area contributed by atoms with Crippen LogP contribution in [0.15, 0.2) is 62.4 Å². The van der Waals surface area contributed by atoms with Gasteiger partial charge < -0.3 is 15.1 Å². The highest BCUT2D eigenvalue weighted by Gasteiger charge is 2.11. The average molecular weight is 414 g/mol. The number of nitrogens with zero attached hydrogens (tertiary/aromatic N) is 2. The number of hydrogen-bond donors (Lipinski definition) is 1. The summed E-state index contributed by atoms with van der Waals surface area (Å²) >= 11 is 3.43. The van der Waals surface area contributed by atoms with Crippen LogP contribution in [-0.2, 0) is 0 Å². The number of carbonyl (C=O) groups excluding carboxylic acids is 1. The maximum absolute atomic E-state index is 11.5. The molecule has 6 heteroatoms. The lowest BCUT2D eigenvalue weighted by Gasteiger charge is -2.21. The van der Waals surface area contributed by atoms with Gasteiger partial charge in [-0.2, -0.15) is 0 Å². The molecular weight excluding hydrogens is 394 g/mol. The van der Waals surface area contributed by atoms with Crippen LogP contribution in [0.2, 0.25) is 0 Å². The molecule has 0 bridgehead atoms. The molecule has 2 N–H and O–H groups in total. The smallest absolute Gasteiger partial charge is 0.248 e. The summed E-state index contributed by atoms with van der Waals surface area (Å²) in [5, 5.41) is 0.818. The summed E-state index contributed by atoms with van der Waals surface area (Å²) in [6.07, 6.45) is 0. The van der Waals surface area contributed by atoms with E-state index in [1.54, 1.807) is 18.2 Å². The molecule has 1 amide bonds. The van der Waals surface area contributed by atoms with Gasteiger partial charge in [0.05, 0.1) is 5.69 Å². The number of fused-ring (bicyclic) bond motifs is 1. The zero-order valence-electron chi connectivity index (χ0n) is 14.7. The highest BCUT2D eigenvalue weighted by molar-refractivity contribution is 9.10. The predicted molar refractivity (Wildman–Crippen MR) is 108 cm³/mol. The molecule has 0 saturated carbocycles. The summed E-state index contributed by atoms with van der Waals surface area (Å²) in [6, 6.07) is 14.9. The van der Waals surface area contributed by atoms with Crippen molar-refractivity contribution in [3.63, 3.8) is 0 Å². The number of halogens is 1. The van der Waals surface area contributed by atoms with Gasteiger partial charge in [-0.25, -0.2) is 4.99 Å². The van der Waals surface area contributed by atoms with Gasteiger partial charge in [-0.3, -0.25) is 4.79 Å². The van der Waals surface area contributed by atoms with Crippen LogP contribution in [0, 0.1) is 0 Å². The van der Waals surface area contributed by atoms with E-state index in [4.69, 9.17) is 10.2 Å². The number of anilines is 1. The standard InChI is InChI=1S/C20H20BrN3O2/c1-3-24(4-2)17-12-14-11-13(19(22)25)5-10-18(14)26-20(17)23-16-8-6-15(21)7-9-16/h5-12H,3-4H2,1-2H3,(H2,22,25). The quantitative estimate of drug-likeness (QED) is 0.674. The number of hydrogen-bond acceptors (Lipinski definition) is 4. The molecule has 0 aliphatic rings. The molecule has 2 aromatic carbocycles. The second-order valence-corrected chi connectivity index (χ2v) is 6.73. The van der Waals surface area contributed by atoms with Gasteiger partial charge in [0.25, 0.3) is 0 Å². The molecule has 134 valence electrons. The van der Waals surface area contributed by atoms with Gasteiger partial charge in [-0.15, -0.1) is 0 Å². The van der Waals surface area contributed by atoms with E-state index < -0.39 is 5.91 Å². The third-order valence-corrected chi connectivity index (χ3v) is 4.70. The zero-order valence-corrected chi connectivity index (χ0v) is 16.3. The van der Waals surface area contributed by atoms with Crippen molar-refractivity contribution in [1.29, 1.82) is 0 Å². The van der Waals surface area contributed by atoms with E-state index in [0.29, 0.717) is 16.7 Å². The summed E-state index contributed by atoms with van der Waals surface area (Å²) in [5.74, 6) is -0.458. The van der Waals surface area contributed by atoms with Crippen LogP contribution in [0.25, 0.3) is 11.0 Å². The Balaban J connectivity index is 2.25. The minimum atomic E-state index is -0.458. The van der Waals surface area contributed by atoms with Crippen LogP contribution < -0.4 is 16.2 Å². The molecule has 0 radical (unpaired) electrons. The molecule has 0 fully saturated rings. The fourth-order valence-corrected chi connectivity index (χ4v) is 3.04. The minimum Gasteiger partial charge on any atom is -0.436 e. The van der Waals surface area contributed by atoms with Gasteiger partial charge in [0.1, 0.15) is 11.3 Å². The van der Waals surface area contributed by atoms with Crippen molar-refractivity contribution in [2.24, 2.45) is 10.7 Å². The van der Waals surface area contributed by atoms with E-state index in [-0.39, 0.29) is 0 Å². The van der Waals surface area contributed by atoms with Crippen molar-refractivity contribution in [3.05, 3.63) is 64.1 Å². The van der Waals surface area contributed by atoms with Gasteiger partial charge in [0, 0.05) is 28.5 Å². The summed E-state index contributed by atoms with van der Waals surface area (Å²) in [4.78, 5) is 18.3. The molecular formula is C20H20BrN3O2. The van der Waals surface area contributed by atoms with Crippen LogP contribution in [-0.4, -0.2) is 19.0 Å². The maximum Gasteiger partial charge on any atom is 0.248 e. The number of benzene rings is 2. The van der Waals surface area contributed by atoms with E-state index in [1.165, 1.54) is 0 Å². The highest BCUT2D eigenvalue weighted by atomic mass is 79.9. The normalized spacial score (nSPS) is 11.7. The Morgan fingerprint density at radius 1 is 1.12 bits per heavy atom. The van der Waals surface area contributed by atoms with E-state index in [0.717, 1.165) is 34.3 Å². The molecule has 0 saturated heterocycles. The second kappa shape index (κ2) is 7.74. The predicted octanol–water partition coefficient (Wildman–Crippen LogP) is 4.37. The molecule has 1 heterocycles. The highest BCUT2D eigenvalue weighted by Crippen LogP contribution is 2.22. The first kappa shape index (κ1) is 18.2. The molecule has 1 aromatic heterocycles. The maximum atomic E-state index is 11.5. The fourth-order valence-electron chi connectivity index (χ4n) is 2.78. The Labute approximate surface area is 160 Å². The Hall–Kier alpha value is -2.60. The minimum absolute atomic E-state index is 0.454. The van der Waals surface area contributed by atoms with Gasteiger partial charge >= 0.3 is 0 Å². The van der Waals surface area contributed by atoms with Gasteiger partial charge in [0.15, 0.2) is 0 Å². The Morgan fingerprint density at radius 3 is 2.42 bits per heavy atom. The Morgan fingerprint density at radius 2 is 1.81 bits per heavy atom. The topological polar surface area (TPSA) is 71.8 Å². The molecule has 26 heavy (non-hydrogen) atoms. The molecule has 0 unspecified atom stereocenters. The second-order valence-electron chi connectivity index (χ2n) is 5.81. The summed E-state index contributed by atoms with van der Waals surface area (Å²) in [7, 11) is 0. The van der Waals surface area contributed by atoms with Crippen LogP contribution in [0.4, 0.5) is 11.4 Å². The molecule has 3 aromatic rings. The molecule has 0 spiro atoms. The van der Waals surface area contributed by atoms with Crippen LogP contribution in [0.5, 0.6) is 0 Å². The van der Waals surface area contributed by atoms with E-state index >= 15 is 0 Å². The zero-order chi connectivity index (χ0) is 18.7. The number of primary amides is 1. The molecule has 0 aliphatic carbocycles. The van der Waals surface area contributed by atoms with E-state index in [2.05, 4.69) is 39.7 Å². The number of amides is 1. The number of rotatable bonds is 5. The van der Waals surface area contributed by atoms with Gasteiger partial charge in [-0.1, -0.05) is 15.9 Å². The van der Waals surface area contributed by atoms with Crippen molar-refractivity contribution in [1.82, 2.24) is 0 Å². The third-order valence-electron chi connectivity index (χ3n) is 4.17. The fraction of sp³-hybridized carbons (Fsp3) is 0.200. The Kier molecular flexibility index (Phi) is 5.42. The van der Waals surface area contributed by atoms with Crippen molar-refractivity contribution >= 4 is 44.2 Å². The SMILES string of the molecule is CCN(CC)c1cc2cc(C(N)=O)ccc2oc1=Nc1ccc(Br)cc1. The lowest BCUT2D eigenvalue weighted by molar-refractivity contribution is 0.100. The van der Waals surface area contributed by atoms with E-state index in [1.807, 2.05) is 30.3 Å². The van der Waals surface area contributed by atoms with Crippen LogP contribution in [0.1, 0.15) is 24.2 Å². The number of nitrogens with two attached hydrogens (primary N) is 1. The molecule has 3 rings (SSSR count). The lowest BCUT2D eigenvalue weighted by Crippen LogP contribution is -2.27. The molecule has 5 nitrogen and oxygen atoms in total. The monoisotopic (exact) mass is 413 g/mol. The van der Waals surface area contributed by atoms with Crippen LogP contribution >= 0.6 is 15.9 Å². The first-order valence-electron chi connectivity index (χ1n) is 8.44. The van der Waals surface area contributed by atoms with Crippen molar-refractivity contribution in [2.45, 2.75) is 13.8 Å². The van der Waals surface area contributed by atoms with Crippen molar-refractivity contribution in [3.8, 4) is 0 Å². The van der Waals surface area contributed by atoms with Gasteiger partial charge in [-0.05, 0) is 62.4 Å². The summed E-state index contributed by atoms with van der Waals surface area (Å²) < 4.78 is 7.07. The summed E-state index contributed by atoms with van der Waals surface area (Å²) in [6.45, 7) is 5.79. The first-order chi connectivity index (χ1) is 12.5. The largest absolute Gasteiger partial charge is 0.436 e. The van der Waals surface area contributed by atoms with Crippen LogP contribution in [0.3, 0.4) is 0 Å². The summed E-state index contributed by atoms with van der Waals surface area (Å²) in [5.41, 5.74) is 8.73. The lowest BCUT2D eigenvalue weighted by atomic mass is 10.1. The van der Waals surface area contributed by atoms with Gasteiger partial charge in [0.2, 0.25) is 11.5 Å². The average Bonchev–Trinajstić information content (AvgIpc) is 2.64. The van der Waals surface area contributed by atoms with Crippen molar-refractivity contribution in [2.75, 3.05) is 18.0 Å². The molecule has 0 aliphatic heterocycles. The van der Waals surface area contributed by atoms with E-state index in [9.17, 15) is 4.79 Å². The molecule has 0 atom stereocenters. The number of carbonyl (C=O) groups is 1. The third kappa shape index (κ3) is 3.80.